The zero-order valence-corrected chi connectivity index (χ0v) is 8.67. The van der Waals surface area contributed by atoms with Gasteiger partial charge in [-0.3, -0.25) is 10.2 Å². The number of hydrogen-bond donors (Lipinski definition) is 2. The van der Waals surface area contributed by atoms with Gasteiger partial charge < -0.3 is 11.0 Å². The molecule has 0 fully saturated rings. The van der Waals surface area contributed by atoms with Gasteiger partial charge in [-0.15, -0.1) is 0 Å². The molecule has 0 aromatic carbocycles. The summed E-state index contributed by atoms with van der Waals surface area (Å²) in [5.74, 6) is 0. The number of hydrogen-bond acceptors (Lipinski definition) is 3. The molecule has 0 amide bonds. The summed E-state index contributed by atoms with van der Waals surface area (Å²) in [6, 6.07) is 0. The number of H-pyrrole nitrogens is 2. The summed E-state index contributed by atoms with van der Waals surface area (Å²) in [5, 5.41) is 5.34. The van der Waals surface area contributed by atoms with E-state index in [2.05, 4.69) is 10.2 Å². The van der Waals surface area contributed by atoms with E-state index in [0.29, 0.717) is 7.91 Å². The fraction of sp³-hybridized carbons (Fsp3) is 0. The van der Waals surface area contributed by atoms with Crippen molar-refractivity contribution in [3.63, 3.8) is 0 Å². The Morgan fingerprint density at radius 3 is 1.27 bits per heavy atom. The SMILES string of the molecule is O.O.S=c1[nH][nH]c(=S)s1.[Li].[Li]. The van der Waals surface area contributed by atoms with Crippen LogP contribution in [0.2, 0.25) is 0 Å². The number of rotatable bonds is 0. The van der Waals surface area contributed by atoms with E-state index in [1.807, 2.05) is 0 Å². The minimum Gasteiger partial charge on any atom is -0.412 e. The molecule has 56 valence electrons. The molecule has 4 nitrogen and oxygen atoms in total. The second-order valence-electron chi connectivity index (χ2n) is 0.927. The van der Waals surface area contributed by atoms with Crippen LogP contribution >= 0.6 is 35.8 Å². The molecule has 0 aliphatic heterocycles. The molecular weight excluding hydrogens is 194 g/mol. The average Bonchev–Trinajstić information content (AvgIpc) is 1.87. The molecule has 1 aromatic rings. The summed E-state index contributed by atoms with van der Waals surface area (Å²) in [6.07, 6.45) is 0. The van der Waals surface area contributed by atoms with Crippen LogP contribution in [0.1, 0.15) is 0 Å². The zero-order chi connectivity index (χ0) is 5.28. The van der Waals surface area contributed by atoms with E-state index in [0.717, 1.165) is 0 Å². The third-order valence-electron chi connectivity index (χ3n) is 0.452. The van der Waals surface area contributed by atoms with Gasteiger partial charge in [0, 0.05) is 37.7 Å². The smallest absolute Gasteiger partial charge is 0.175 e. The van der Waals surface area contributed by atoms with Crippen LogP contribution < -0.4 is 0 Å². The molecular formula is C2H6Li2N2O2S3. The van der Waals surface area contributed by atoms with Crippen LogP contribution in [0.4, 0.5) is 0 Å². The van der Waals surface area contributed by atoms with Crippen molar-refractivity contribution >= 4 is 73.5 Å². The number of aromatic nitrogens is 2. The first kappa shape index (κ1) is 22.7. The molecule has 0 aliphatic rings. The zero-order valence-electron chi connectivity index (χ0n) is 6.22. The summed E-state index contributed by atoms with van der Waals surface area (Å²) in [5.41, 5.74) is 0. The van der Waals surface area contributed by atoms with Crippen LogP contribution in [0.5, 0.6) is 0 Å². The largest absolute Gasteiger partial charge is 0.412 e. The second kappa shape index (κ2) is 11.1. The van der Waals surface area contributed by atoms with Crippen molar-refractivity contribution in [2.45, 2.75) is 0 Å². The standard InChI is InChI=1S/C2H2N2S3.2Li.2H2O/c5-1-3-4-2(6)7-1;;;;/h(H,3,5)(H,4,6);;;2*1H2. The third-order valence-corrected chi connectivity index (χ3v) is 1.73. The fourth-order valence-electron chi connectivity index (χ4n) is 0.237. The average molecular weight is 200 g/mol. The van der Waals surface area contributed by atoms with Crippen molar-refractivity contribution in [1.82, 2.24) is 10.2 Å². The Bertz CT molecular complexity index is 230. The van der Waals surface area contributed by atoms with Crippen molar-refractivity contribution in [3.8, 4) is 0 Å². The first-order valence-corrected chi connectivity index (χ1v) is 3.20. The molecule has 0 aliphatic carbocycles. The molecule has 2 radical (unpaired) electrons. The predicted octanol–water partition coefficient (Wildman–Crippen LogP) is -0.548. The maximum atomic E-state index is 4.70. The van der Waals surface area contributed by atoms with Crippen molar-refractivity contribution in [2.24, 2.45) is 0 Å². The molecule has 6 N–H and O–H groups in total. The van der Waals surface area contributed by atoms with E-state index in [9.17, 15) is 0 Å². The van der Waals surface area contributed by atoms with Crippen LogP contribution in [0.25, 0.3) is 0 Å². The molecule has 0 bridgehead atoms. The van der Waals surface area contributed by atoms with Crippen molar-refractivity contribution < 1.29 is 11.0 Å². The molecule has 9 heteroatoms. The second-order valence-corrected chi connectivity index (χ2v) is 3.28. The fourth-order valence-corrected chi connectivity index (χ4v) is 1.37. The first-order chi connectivity index (χ1) is 3.29. The summed E-state index contributed by atoms with van der Waals surface area (Å²) in [6.45, 7) is 0. The Morgan fingerprint density at radius 2 is 1.18 bits per heavy atom. The molecule has 11 heavy (non-hydrogen) atoms. The van der Waals surface area contributed by atoms with E-state index in [1.165, 1.54) is 11.3 Å². The Morgan fingerprint density at radius 1 is 0.909 bits per heavy atom. The Balaban J connectivity index is -0.0000000612. The molecule has 0 saturated carbocycles. The van der Waals surface area contributed by atoms with Gasteiger partial charge in [0.2, 0.25) is 0 Å². The molecule has 0 saturated heterocycles. The summed E-state index contributed by atoms with van der Waals surface area (Å²) in [4.78, 5) is 0. The monoisotopic (exact) mass is 200 g/mol. The van der Waals surface area contributed by atoms with Gasteiger partial charge in [-0.1, -0.05) is 11.3 Å². The van der Waals surface area contributed by atoms with Gasteiger partial charge in [-0.2, -0.15) is 0 Å². The first-order valence-electron chi connectivity index (χ1n) is 1.57. The van der Waals surface area contributed by atoms with Crippen LogP contribution in [-0.4, -0.2) is 58.9 Å². The summed E-state index contributed by atoms with van der Waals surface area (Å²) >= 11 is 10.8. The molecule has 1 rings (SSSR count). The minimum absolute atomic E-state index is 0. The molecule has 0 unspecified atom stereocenters. The van der Waals surface area contributed by atoms with Gasteiger partial charge >= 0.3 is 0 Å². The Hall–Kier alpha value is 1.11. The maximum absolute atomic E-state index is 4.70. The van der Waals surface area contributed by atoms with Gasteiger partial charge in [0.15, 0.2) is 7.91 Å². The Labute approximate surface area is 102 Å². The van der Waals surface area contributed by atoms with E-state index in [4.69, 9.17) is 24.4 Å². The number of aromatic amines is 2. The van der Waals surface area contributed by atoms with Gasteiger partial charge in [0.1, 0.15) is 0 Å². The Kier molecular flexibility index (Phi) is 23.0. The van der Waals surface area contributed by atoms with Crippen LogP contribution in [-0.2, 0) is 0 Å². The van der Waals surface area contributed by atoms with Gasteiger partial charge in [0.25, 0.3) is 0 Å². The van der Waals surface area contributed by atoms with Gasteiger partial charge in [-0.05, 0) is 24.4 Å². The molecule has 1 heterocycles. The van der Waals surface area contributed by atoms with E-state index in [-0.39, 0.29) is 48.7 Å². The van der Waals surface area contributed by atoms with E-state index < -0.39 is 0 Å². The molecule has 0 spiro atoms. The van der Waals surface area contributed by atoms with Crippen LogP contribution in [0.15, 0.2) is 0 Å². The van der Waals surface area contributed by atoms with Gasteiger partial charge in [0.05, 0.1) is 0 Å². The van der Waals surface area contributed by atoms with E-state index in [1.54, 1.807) is 0 Å². The topological polar surface area (TPSA) is 94.6 Å². The third kappa shape index (κ3) is 9.03. The summed E-state index contributed by atoms with van der Waals surface area (Å²) in [7, 11) is 0. The molecule has 0 atom stereocenters. The van der Waals surface area contributed by atoms with Crippen LogP contribution in [0.3, 0.4) is 0 Å². The van der Waals surface area contributed by atoms with Gasteiger partial charge in [-0.25, -0.2) is 0 Å². The normalized spacial score (nSPS) is 5.82. The number of nitrogens with one attached hydrogen (secondary N) is 2. The van der Waals surface area contributed by atoms with Crippen LogP contribution in [0, 0.1) is 7.91 Å². The van der Waals surface area contributed by atoms with Crippen molar-refractivity contribution in [3.05, 3.63) is 7.91 Å². The van der Waals surface area contributed by atoms with Crippen molar-refractivity contribution in [1.29, 1.82) is 0 Å². The van der Waals surface area contributed by atoms with E-state index >= 15 is 0 Å². The quantitative estimate of drug-likeness (QED) is 0.434. The predicted molar refractivity (Wildman–Crippen MR) is 53.4 cm³/mol. The maximum Gasteiger partial charge on any atom is 0.175 e. The summed E-state index contributed by atoms with van der Waals surface area (Å²) < 4.78 is 1.40. The van der Waals surface area contributed by atoms with Crippen molar-refractivity contribution in [2.75, 3.05) is 0 Å². The minimum atomic E-state index is 0. The molecule has 1 aromatic heterocycles.